The SMILES string of the molecule is CCC(N)(Cc1ccc(F)cc1Cl)c1ccc(F)cn1. The van der Waals surface area contributed by atoms with Crippen LogP contribution in [0.15, 0.2) is 36.5 Å². The van der Waals surface area contributed by atoms with Crippen molar-refractivity contribution in [3.8, 4) is 0 Å². The summed E-state index contributed by atoms with van der Waals surface area (Å²) in [6, 6.07) is 7.10. The summed E-state index contributed by atoms with van der Waals surface area (Å²) in [7, 11) is 0. The quantitative estimate of drug-likeness (QED) is 0.931. The normalized spacial score (nSPS) is 14.1. The van der Waals surface area contributed by atoms with Gasteiger partial charge in [0.15, 0.2) is 0 Å². The molecule has 5 heteroatoms. The Morgan fingerprint density at radius 2 is 1.90 bits per heavy atom. The number of halogens is 3. The van der Waals surface area contributed by atoms with E-state index in [0.29, 0.717) is 23.6 Å². The second kappa shape index (κ2) is 5.85. The van der Waals surface area contributed by atoms with Crippen LogP contribution in [-0.4, -0.2) is 4.98 Å². The van der Waals surface area contributed by atoms with Gasteiger partial charge in [-0.2, -0.15) is 0 Å². The molecule has 0 saturated carbocycles. The Kier molecular flexibility index (Phi) is 4.35. The van der Waals surface area contributed by atoms with Gasteiger partial charge in [0.1, 0.15) is 11.6 Å². The van der Waals surface area contributed by atoms with Gasteiger partial charge in [-0.05, 0) is 42.7 Å². The largest absolute Gasteiger partial charge is 0.320 e. The van der Waals surface area contributed by atoms with Crippen molar-refractivity contribution < 1.29 is 8.78 Å². The molecule has 2 rings (SSSR count). The van der Waals surface area contributed by atoms with Crippen molar-refractivity contribution in [2.45, 2.75) is 25.3 Å². The maximum atomic E-state index is 13.1. The van der Waals surface area contributed by atoms with Crippen LogP contribution in [-0.2, 0) is 12.0 Å². The van der Waals surface area contributed by atoms with Crippen LogP contribution in [0.1, 0.15) is 24.6 Å². The molecule has 1 atom stereocenters. The highest BCUT2D eigenvalue weighted by Gasteiger charge is 2.28. The van der Waals surface area contributed by atoms with Gasteiger partial charge in [0.25, 0.3) is 0 Å². The van der Waals surface area contributed by atoms with Gasteiger partial charge < -0.3 is 5.73 Å². The molecule has 0 aliphatic heterocycles. The predicted octanol–water partition coefficient (Wildman–Crippen LogP) is 3.82. The van der Waals surface area contributed by atoms with Gasteiger partial charge >= 0.3 is 0 Å². The predicted molar refractivity (Wildman–Crippen MR) is 75.5 cm³/mol. The molecule has 0 saturated heterocycles. The molecule has 0 fully saturated rings. The average molecular weight is 297 g/mol. The Balaban J connectivity index is 2.33. The van der Waals surface area contributed by atoms with Crippen LogP contribution in [0.4, 0.5) is 8.78 Å². The number of hydrogen-bond donors (Lipinski definition) is 1. The summed E-state index contributed by atoms with van der Waals surface area (Å²) in [5, 5.41) is 0.329. The van der Waals surface area contributed by atoms with Crippen LogP contribution in [0.5, 0.6) is 0 Å². The molecule has 20 heavy (non-hydrogen) atoms. The topological polar surface area (TPSA) is 38.9 Å². The lowest BCUT2D eigenvalue weighted by atomic mass is 9.85. The third-order valence-electron chi connectivity index (χ3n) is 3.39. The van der Waals surface area contributed by atoms with Gasteiger partial charge in [0, 0.05) is 5.02 Å². The van der Waals surface area contributed by atoms with Gasteiger partial charge in [-0.1, -0.05) is 24.6 Å². The molecule has 2 aromatic rings. The van der Waals surface area contributed by atoms with Crippen molar-refractivity contribution in [2.75, 3.05) is 0 Å². The van der Waals surface area contributed by atoms with E-state index in [9.17, 15) is 8.78 Å². The number of benzene rings is 1. The monoisotopic (exact) mass is 296 g/mol. The maximum absolute atomic E-state index is 13.1. The summed E-state index contributed by atoms with van der Waals surface area (Å²) in [6.07, 6.45) is 2.14. The first-order chi connectivity index (χ1) is 9.44. The lowest BCUT2D eigenvalue weighted by Crippen LogP contribution is -2.39. The smallest absolute Gasteiger partial charge is 0.141 e. The van der Waals surface area contributed by atoms with Crippen LogP contribution >= 0.6 is 11.6 Å². The third kappa shape index (κ3) is 3.14. The van der Waals surface area contributed by atoms with Gasteiger partial charge in [-0.15, -0.1) is 0 Å². The van der Waals surface area contributed by atoms with E-state index in [4.69, 9.17) is 17.3 Å². The fourth-order valence-electron chi connectivity index (χ4n) is 2.07. The van der Waals surface area contributed by atoms with Crippen LogP contribution in [0, 0.1) is 11.6 Å². The Bertz CT molecular complexity index is 601. The molecule has 2 nitrogen and oxygen atoms in total. The minimum absolute atomic E-state index is 0.329. The molecule has 106 valence electrons. The summed E-state index contributed by atoms with van der Waals surface area (Å²) in [5.74, 6) is -0.801. The Hall–Kier alpha value is -1.52. The number of hydrogen-bond acceptors (Lipinski definition) is 2. The first kappa shape index (κ1) is 14.9. The fraction of sp³-hybridized carbons (Fsp3) is 0.267. The average Bonchev–Trinajstić information content (AvgIpc) is 2.42. The van der Waals surface area contributed by atoms with E-state index in [-0.39, 0.29) is 0 Å². The molecule has 0 spiro atoms. The molecule has 1 unspecified atom stereocenters. The molecule has 1 aromatic heterocycles. The highest BCUT2D eigenvalue weighted by molar-refractivity contribution is 6.31. The molecule has 0 radical (unpaired) electrons. The summed E-state index contributed by atoms with van der Waals surface area (Å²) < 4.78 is 26.0. The summed E-state index contributed by atoms with van der Waals surface area (Å²) in [5.41, 5.74) is 6.93. The third-order valence-corrected chi connectivity index (χ3v) is 3.74. The summed E-state index contributed by atoms with van der Waals surface area (Å²) in [6.45, 7) is 1.92. The Labute approximate surface area is 121 Å². The Morgan fingerprint density at radius 1 is 1.20 bits per heavy atom. The van der Waals surface area contributed by atoms with Crippen LogP contribution in [0.3, 0.4) is 0 Å². The Morgan fingerprint density at radius 3 is 2.45 bits per heavy atom. The molecule has 0 amide bonds. The molecule has 0 bridgehead atoms. The highest BCUT2D eigenvalue weighted by atomic mass is 35.5. The van der Waals surface area contributed by atoms with E-state index in [2.05, 4.69) is 4.98 Å². The summed E-state index contributed by atoms with van der Waals surface area (Å²) in [4.78, 5) is 4.05. The lowest BCUT2D eigenvalue weighted by Gasteiger charge is -2.28. The van der Waals surface area contributed by atoms with E-state index in [1.807, 2.05) is 6.92 Å². The lowest BCUT2D eigenvalue weighted by molar-refractivity contribution is 0.410. The van der Waals surface area contributed by atoms with E-state index < -0.39 is 17.2 Å². The fourth-order valence-corrected chi connectivity index (χ4v) is 2.31. The van der Waals surface area contributed by atoms with Crippen molar-refractivity contribution in [1.82, 2.24) is 4.98 Å². The van der Waals surface area contributed by atoms with Crippen LogP contribution < -0.4 is 5.73 Å². The molecule has 2 N–H and O–H groups in total. The van der Waals surface area contributed by atoms with Gasteiger partial charge in [0.2, 0.25) is 0 Å². The number of rotatable bonds is 4. The number of nitrogens with two attached hydrogens (primary N) is 1. The van der Waals surface area contributed by atoms with Crippen molar-refractivity contribution in [1.29, 1.82) is 0 Å². The minimum Gasteiger partial charge on any atom is -0.320 e. The molecule has 1 aromatic carbocycles. The van der Waals surface area contributed by atoms with Crippen LogP contribution in [0.25, 0.3) is 0 Å². The standard InChI is InChI=1S/C15H15ClF2N2/c1-2-15(19,14-6-5-12(18)9-20-14)8-10-3-4-11(17)7-13(10)16/h3-7,9H,2,8,19H2,1H3. The van der Waals surface area contributed by atoms with E-state index in [1.165, 1.54) is 18.2 Å². The van der Waals surface area contributed by atoms with Crippen molar-refractivity contribution in [3.63, 3.8) is 0 Å². The second-order valence-corrected chi connectivity index (χ2v) is 5.19. The number of pyridine rings is 1. The molecular formula is C15H15ClF2N2. The number of aromatic nitrogens is 1. The second-order valence-electron chi connectivity index (χ2n) is 4.78. The van der Waals surface area contributed by atoms with Crippen molar-refractivity contribution in [2.24, 2.45) is 5.73 Å². The van der Waals surface area contributed by atoms with Gasteiger partial charge in [-0.3, -0.25) is 4.98 Å². The zero-order valence-corrected chi connectivity index (χ0v) is 11.8. The molecule has 0 aliphatic carbocycles. The van der Waals surface area contributed by atoms with Crippen molar-refractivity contribution in [3.05, 3.63) is 64.4 Å². The first-order valence-electron chi connectivity index (χ1n) is 6.29. The maximum Gasteiger partial charge on any atom is 0.141 e. The van der Waals surface area contributed by atoms with E-state index in [0.717, 1.165) is 11.8 Å². The summed E-state index contributed by atoms with van der Waals surface area (Å²) >= 11 is 6.03. The minimum atomic E-state index is -0.769. The van der Waals surface area contributed by atoms with Gasteiger partial charge in [0.05, 0.1) is 17.4 Å². The van der Waals surface area contributed by atoms with E-state index >= 15 is 0 Å². The molecule has 1 heterocycles. The van der Waals surface area contributed by atoms with E-state index in [1.54, 1.807) is 12.1 Å². The van der Waals surface area contributed by atoms with Gasteiger partial charge in [-0.25, -0.2) is 8.78 Å². The van der Waals surface area contributed by atoms with Crippen molar-refractivity contribution >= 4 is 11.6 Å². The number of nitrogens with zero attached hydrogens (tertiary/aromatic N) is 1. The van der Waals surface area contributed by atoms with Crippen LogP contribution in [0.2, 0.25) is 5.02 Å². The highest BCUT2D eigenvalue weighted by Crippen LogP contribution is 2.29. The molecule has 0 aliphatic rings. The zero-order chi connectivity index (χ0) is 14.8. The molecular weight excluding hydrogens is 282 g/mol. The zero-order valence-electron chi connectivity index (χ0n) is 11.0. The first-order valence-corrected chi connectivity index (χ1v) is 6.67.